The maximum Gasteiger partial charge on any atom is -1.00 e. The van der Waals surface area contributed by atoms with Crippen molar-refractivity contribution in [2.45, 2.75) is 207 Å². The minimum absolute atomic E-state index is 0. The largest absolute Gasteiger partial charge is 1.00 e. The molecule has 35 heavy (non-hydrogen) atoms. The van der Waals surface area contributed by atoms with Crippen LogP contribution in [0, 0.1) is 0 Å². The average molecular weight is 604 g/mol. The van der Waals surface area contributed by atoms with Crippen LogP contribution in [0.1, 0.15) is 194 Å². The third-order valence-electron chi connectivity index (χ3n) is 7.90. The maximum absolute atomic E-state index is 2.32. The van der Waals surface area contributed by atoms with Gasteiger partial charge in [-0.25, -0.2) is 0 Å². The van der Waals surface area contributed by atoms with Crippen molar-refractivity contribution in [1.29, 1.82) is 0 Å². The first-order chi connectivity index (χ1) is 16.8. The van der Waals surface area contributed by atoms with Gasteiger partial charge in [-0.3, -0.25) is 0 Å². The molecule has 0 aromatic carbocycles. The Morgan fingerprint density at radius 3 is 0.629 bits per heavy atom. The third kappa shape index (κ3) is 32.7. The topological polar surface area (TPSA) is 0 Å². The molecule has 0 aliphatic rings. The van der Waals surface area contributed by atoms with E-state index >= 15 is 0 Å². The van der Waals surface area contributed by atoms with Crippen LogP contribution in [0.3, 0.4) is 0 Å². The molecule has 0 aromatic rings. The molecule has 0 nitrogen and oxygen atoms in total. The first-order valence-electron chi connectivity index (χ1n) is 16.7. The van der Waals surface area contributed by atoms with Crippen molar-refractivity contribution in [3.63, 3.8) is 0 Å². The van der Waals surface area contributed by atoms with Crippen LogP contribution in [-0.2, 0) is 0 Å². The summed E-state index contributed by atoms with van der Waals surface area (Å²) in [5.74, 6) is 0. The molecule has 0 bridgehead atoms. The van der Waals surface area contributed by atoms with E-state index in [9.17, 15) is 0 Å². The first-order valence-corrected chi connectivity index (χ1v) is 22.7. The van der Waals surface area contributed by atoms with E-state index in [1.807, 2.05) is 0 Å². The zero-order chi connectivity index (χ0) is 24.8. The quantitative estimate of drug-likeness (QED) is 0.0566. The van der Waals surface area contributed by atoms with Gasteiger partial charge in [0.15, 0.2) is 0 Å². The number of rotatable bonds is 30. The van der Waals surface area contributed by atoms with E-state index in [-0.39, 0.29) is 4.70 Å². The monoisotopic (exact) mass is 604 g/mol. The fourth-order valence-electron chi connectivity index (χ4n) is 5.43. The molecule has 0 aliphatic carbocycles. The van der Waals surface area contributed by atoms with E-state index in [0.29, 0.717) is 0 Å². The van der Waals surface area contributed by atoms with Crippen LogP contribution in [-0.4, -0.2) is 19.8 Å². The molecule has 0 N–H and O–H groups in total. The van der Waals surface area contributed by atoms with Crippen molar-refractivity contribution in [3.05, 3.63) is 0 Å². The molecule has 0 rings (SSSR count). The Labute approximate surface area is 231 Å². The predicted octanol–water partition coefficient (Wildman–Crippen LogP) is 10.1. The standard InChI is InChI=1S/3C11H23.FH.Sn/c3*1-3-5-7-9-11-10-8-6-4-2;;/h3*1,3-11H2,2H3;1H;/q;;;;+1/p-1. The van der Waals surface area contributed by atoms with E-state index in [4.69, 9.17) is 0 Å². The maximum atomic E-state index is 2.32. The minimum Gasteiger partial charge on any atom is -1.00 e. The molecular weight excluding hydrogens is 534 g/mol. The smallest absolute Gasteiger partial charge is 1.00 e. The Morgan fingerprint density at radius 1 is 0.257 bits per heavy atom. The summed E-state index contributed by atoms with van der Waals surface area (Å²) in [4.78, 5) is 0. The van der Waals surface area contributed by atoms with Gasteiger partial charge >= 0.3 is 227 Å². The third-order valence-corrected chi connectivity index (χ3v) is 17.0. The molecule has 0 unspecified atom stereocenters. The molecule has 0 saturated carbocycles. The Kier molecular flexibility index (Phi) is 37.6. The summed E-state index contributed by atoms with van der Waals surface area (Å²) in [5, 5.41) is 0. The summed E-state index contributed by atoms with van der Waals surface area (Å²) in [6, 6.07) is 0. The van der Waals surface area contributed by atoms with Crippen molar-refractivity contribution in [3.8, 4) is 0 Å². The van der Waals surface area contributed by atoms with Crippen molar-refractivity contribution in [1.82, 2.24) is 0 Å². The van der Waals surface area contributed by atoms with Crippen molar-refractivity contribution >= 4 is 19.8 Å². The Morgan fingerprint density at radius 2 is 0.429 bits per heavy atom. The molecular formula is C33H69FSn. The van der Waals surface area contributed by atoms with Crippen LogP contribution in [0.4, 0.5) is 0 Å². The van der Waals surface area contributed by atoms with Gasteiger partial charge < -0.3 is 4.70 Å². The van der Waals surface area contributed by atoms with Gasteiger partial charge in [0.05, 0.1) is 0 Å². The zero-order valence-corrected chi connectivity index (χ0v) is 27.9. The van der Waals surface area contributed by atoms with Gasteiger partial charge in [0.1, 0.15) is 0 Å². The van der Waals surface area contributed by atoms with Crippen molar-refractivity contribution < 1.29 is 4.70 Å². The van der Waals surface area contributed by atoms with Gasteiger partial charge in [0.25, 0.3) is 0 Å². The fraction of sp³-hybridized carbons (Fsp3) is 1.00. The molecule has 0 heterocycles. The molecule has 0 amide bonds. The van der Waals surface area contributed by atoms with Gasteiger partial charge in [-0.1, -0.05) is 0 Å². The summed E-state index contributed by atoms with van der Waals surface area (Å²) in [5.41, 5.74) is 0. The van der Waals surface area contributed by atoms with Crippen LogP contribution in [0.2, 0.25) is 13.3 Å². The molecule has 0 saturated heterocycles. The van der Waals surface area contributed by atoms with Crippen LogP contribution < -0.4 is 4.70 Å². The van der Waals surface area contributed by atoms with E-state index in [0.717, 1.165) is 0 Å². The van der Waals surface area contributed by atoms with Crippen LogP contribution >= 0.6 is 0 Å². The molecule has 0 fully saturated rings. The molecule has 0 radical (unpaired) electrons. The second kappa shape index (κ2) is 34.7. The van der Waals surface area contributed by atoms with Gasteiger partial charge in [-0.15, -0.1) is 0 Å². The van der Waals surface area contributed by atoms with Gasteiger partial charge in [0.2, 0.25) is 0 Å². The molecule has 0 aromatic heterocycles. The Bertz CT molecular complexity index is 294. The Hall–Kier alpha value is 0.729. The van der Waals surface area contributed by atoms with Crippen LogP contribution in [0.5, 0.6) is 0 Å². The molecule has 0 spiro atoms. The van der Waals surface area contributed by atoms with E-state index in [2.05, 4.69) is 20.8 Å². The molecule has 0 aliphatic heterocycles. The zero-order valence-electron chi connectivity index (χ0n) is 25.1. The SMILES string of the molecule is CCCCCCCCCC[CH2][Sn+]([CH2]CCCCCCCCCC)[CH2]CCCCCCCCCC.[F-]. The van der Waals surface area contributed by atoms with E-state index in [1.54, 1.807) is 51.8 Å². The first kappa shape index (κ1) is 37.9. The summed E-state index contributed by atoms with van der Waals surface area (Å²) < 4.78 is 5.18. The second-order valence-electron chi connectivity index (χ2n) is 11.5. The van der Waals surface area contributed by atoms with Crippen LogP contribution in [0.15, 0.2) is 0 Å². The van der Waals surface area contributed by atoms with Gasteiger partial charge in [-0.05, 0) is 0 Å². The van der Waals surface area contributed by atoms with Crippen molar-refractivity contribution in [2.75, 3.05) is 0 Å². The number of halogens is 1. The summed E-state index contributed by atoms with van der Waals surface area (Å²) in [7, 11) is 0. The van der Waals surface area contributed by atoms with Crippen molar-refractivity contribution in [2.24, 2.45) is 0 Å². The predicted molar refractivity (Wildman–Crippen MR) is 162 cm³/mol. The van der Waals surface area contributed by atoms with Crippen LogP contribution in [0.25, 0.3) is 0 Å². The van der Waals surface area contributed by atoms with E-state index in [1.165, 1.54) is 135 Å². The number of hydrogen-bond acceptors (Lipinski definition) is 0. The van der Waals surface area contributed by atoms with Gasteiger partial charge in [-0.2, -0.15) is 0 Å². The molecule has 212 valence electrons. The number of unbranched alkanes of at least 4 members (excludes halogenated alkanes) is 24. The molecule has 2 heteroatoms. The average Bonchev–Trinajstić information content (AvgIpc) is 2.85. The second-order valence-corrected chi connectivity index (χ2v) is 20.0. The fourth-order valence-corrected chi connectivity index (χ4v) is 14.0. The summed E-state index contributed by atoms with van der Waals surface area (Å²) >= 11 is -1.08. The Balaban J connectivity index is 0. The van der Waals surface area contributed by atoms with E-state index < -0.39 is 19.8 Å². The minimum atomic E-state index is -1.08. The normalized spacial score (nSPS) is 11.1. The summed E-state index contributed by atoms with van der Waals surface area (Å²) in [6.07, 6.45) is 40.5. The summed E-state index contributed by atoms with van der Waals surface area (Å²) in [6.45, 7) is 6.97. The van der Waals surface area contributed by atoms with Gasteiger partial charge in [0, 0.05) is 0 Å². The number of hydrogen-bond donors (Lipinski definition) is 0. The molecule has 0 atom stereocenters.